The molecule has 212 valence electrons. The molecule has 0 saturated carbocycles. The van der Waals surface area contributed by atoms with Gasteiger partial charge in [0.1, 0.15) is 24.3 Å². The topological polar surface area (TPSA) is 63.0 Å². The first-order valence-corrected chi connectivity index (χ1v) is 15.5. The third kappa shape index (κ3) is 6.11. The maximum atomic E-state index is 14.4. The van der Waals surface area contributed by atoms with E-state index < -0.39 is 37.5 Å². The van der Waals surface area contributed by atoms with Crippen LogP contribution in [0.25, 0.3) is 0 Å². The second-order valence-corrected chi connectivity index (χ2v) is 13.4. The van der Waals surface area contributed by atoms with Crippen molar-refractivity contribution in [2.24, 2.45) is 10.9 Å². The Labute approximate surface area is 253 Å². The molecule has 2 unspecified atom stereocenters. The molecule has 0 aliphatic carbocycles. The first kappa shape index (κ1) is 29.4. The van der Waals surface area contributed by atoms with Crippen LogP contribution in [0.5, 0.6) is 0 Å². The Kier molecular flexibility index (Phi) is 8.55. The lowest BCUT2D eigenvalue weighted by Crippen LogP contribution is -2.44. The van der Waals surface area contributed by atoms with Gasteiger partial charge in [-0.3, -0.25) is 9.48 Å². The number of hydrogen-bond acceptors (Lipinski definition) is 6. The number of piperidine rings is 1. The van der Waals surface area contributed by atoms with Crippen molar-refractivity contribution >= 4 is 67.9 Å². The summed E-state index contributed by atoms with van der Waals surface area (Å²) in [4.78, 5) is 21.5. The van der Waals surface area contributed by atoms with E-state index in [0.717, 1.165) is 15.8 Å². The highest BCUT2D eigenvalue weighted by Gasteiger charge is 2.49. The van der Waals surface area contributed by atoms with Gasteiger partial charge in [0.05, 0.1) is 10.6 Å². The van der Waals surface area contributed by atoms with Crippen molar-refractivity contribution in [3.63, 3.8) is 0 Å². The molecule has 15 heteroatoms. The third-order valence-electron chi connectivity index (χ3n) is 7.08. The van der Waals surface area contributed by atoms with Gasteiger partial charge in [0.2, 0.25) is 5.91 Å². The van der Waals surface area contributed by atoms with E-state index in [0.29, 0.717) is 38.2 Å². The molecular weight excluding hydrogens is 771 g/mol. The van der Waals surface area contributed by atoms with Gasteiger partial charge in [0, 0.05) is 37.0 Å². The Morgan fingerprint density at radius 2 is 1.90 bits per heavy atom. The van der Waals surface area contributed by atoms with Crippen LogP contribution in [0.2, 0.25) is 0 Å². The lowest BCUT2D eigenvalue weighted by Gasteiger charge is -2.32. The largest absolute Gasteiger partial charge is 0.435 e. The van der Waals surface area contributed by atoms with E-state index >= 15 is 0 Å². The molecule has 0 spiro atoms. The van der Waals surface area contributed by atoms with Gasteiger partial charge in [-0.25, -0.2) is 18.7 Å². The number of aliphatic imine (C=N–C) groups is 1. The van der Waals surface area contributed by atoms with Gasteiger partial charge in [0.25, 0.3) is 0 Å². The minimum Gasteiger partial charge on any atom is -0.344 e. The summed E-state index contributed by atoms with van der Waals surface area (Å²) in [5.74, 6) is -0.746. The van der Waals surface area contributed by atoms with Crippen molar-refractivity contribution in [1.29, 1.82) is 0 Å². The average Bonchev–Trinajstić information content (AvgIpc) is 3.57. The summed E-state index contributed by atoms with van der Waals surface area (Å²) in [7, 11) is 0. The normalized spacial score (nSPS) is 26.9. The molecule has 4 heterocycles. The molecule has 0 N–H and O–H groups in total. The lowest BCUT2D eigenvalue weighted by molar-refractivity contribution is -0.142. The van der Waals surface area contributed by atoms with E-state index in [-0.39, 0.29) is 29.6 Å². The Balaban J connectivity index is 1.19. The predicted octanol–water partition coefficient (Wildman–Crippen LogP) is 5.75. The highest BCUT2D eigenvalue weighted by Crippen LogP contribution is 2.47. The maximum Gasteiger partial charge on any atom is 0.435 e. The van der Waals surface area contributed by atoms with Crippen molar-refractivity contribution < 1.29 is 31.5 Å². The smallest absolute Gasteiger partial charge is 0.344 e. The van der Waals surface area contributed by atoms with Crippen LogP contribution >= 0.6 is 56.9 Å². The quantitative estimate of drug-likeness (QED) is 0.167. The van der Waals surface area contributed by atoms with Crippen molar-refractivity contribution in [1.82, 2.24) is 19.6 Å². The van der Waals surface area contributed by atoms with Crippen molar-refractivity contribution in [3.8, 4) is 0 Å². The first-order valence-electron chi connectivity index (χ1n) is 12.2. The number of aromatic nitrogens is 2. The van der Waals surface area contributed by atoms with E-state index in [4.69, 9.17) is 9.73 Å². The van der Waals surface area contributed by atoms with Gasteiger partial charge >= 0.3 is 6.18 Å². The first-order chi connectivity index (χ1) is 18.4. The number of thioether (sulfide) groups is 1. The van der Waals surface area contributed by atoms with E-state index in [1.54, 1.807) is 16.7 Å². The molecule has 39 heavy (non-hydrogen) atoms. The zero-order valence-electron chi connectivity index (χ0n) is 20.6. The zero-order valence-corrected chi connectivity index (χ0v) is 25.7. The van der Waals surface area contributed by atoms with Gasteiger partial charge in [-0.15, -0.1) is 11.8 Å². The number of alkyl halides is 5. The van der Waals surface area contributed by atoms with Gasteiger partial charge < -0.3 is 9.64 Å². The summed E-state index contributed by atoms with van der Waals surface area (Å²) in [5, 5.41) is 4.52. The lowest BCUT2D eigenvalue weighted by atomic mass is 9.98. The molecule has 2 aromatic rings. The minimum atomic E-state index is -4.56. The molecule has 1 amide bonds. The van der Waals surface area contributed by atoms with E-state index in [9.17, 15) is 26.7 Å². The van der Waals surface area contributed by atoms with E-state index in [1.165, 1.54) is 25.1 Å². The number of amides is 1. The van der Waals surface area contributed by atoms with Gasteiger partial charge in [-0.2, -0.15) is 18.3 Å². The molecule has 3 aliphatic rings. The number of ether oxygens (including phenoxy) is 1. The van der Waals surface area contributed by atoms with E-state index in [1.807, 2.05) is 4.90 Å². The molecule has 3 aliphatic heterocycles. The number of aryl methyl sites for hydroxylation is 1. The maximum absolute atomic E-state index is 14.4. The summed E-state index contributed by atoms with van der Waals surface area (Å²) < 4.78 is 73.5. The number of nitrogens with zero attached hydrogens (tertiary/aromatic N) is 5. The van der Waals surface area contributed by atoms with Crippen LogP contribution in [0.4, 0.5) is 22.0 Å². The fourth-order valence-electron chi connectivity index (χ4n) is 4.95. The number of carbonyl (C=O) groups excluding carboxylic acids is 1. The van der Waals surface area contributed by atoms with Crippen LogP contribution in [-0.2, 0) is 22.3 Å². The molecule has 2 fully saturated rings. The van der Waals surface area contributed by atoms with E-state index in [2.05, 4.69) is 50.3 Å². The number of benzene rings is 1. The number of likely N-dealkylation sites (tertiary alicyclic amines) is 1. The van der Waals surface area contributed by atoms with Crippen molar-refractivity contribution in [3.05, 3.63) is 52.9 Å². The van der Waals surface area contributed by atoms with Gasteiger partial charge in [-0.1, -0.05) is 6.07 Å². The summed E-state index contributed by atoms with van der Waals surface area (Å²) in [6.07, 6.45) is -3.94. The van der Waals surface area contributed by atoms with Crippen LogP contribution in [0, 0.1) is 24.5 Å². The van der Waals surface area contributed by atoms with Crippen LogP contribution in [0.1, 0.15) is 35.9 Å². The number of rotatable bonds is 5. The average molecular weight is 795 g/mol. The molecule has 1 aromatic heterocycles. The summed E-state index contributed by atoms with van der Waals surface area (Å²) in [6, 6.07) is 4.71. The highest BCUT2D eigenvalue weighted by molar-refractivity contribution is 14.1. The number of carbonyl (C=O) groups is 1. The second-order valence-electron chi connectivity index (χ2n) is 9.64. The Morgan fingerprint density at radius 3 is 2.51 bits per heavy atom. The molecule has 2 saturated heterocycles. The molecule has 7 nitrogen and oxygen atoms in total. The summed E-state index contributed by atoms with van der Waals surface area (Å²) in [5.41, 5.74) is -0.804. The monoisotopic (exact) mass is 795 g/mol. The molecule has 5 rings (SSSR count). The standard InChI is InChI=1S/C24H24F5I2N5O2S/c1-13-9-18(24(27,28)29)33-36(13)11-19(37)34-7-5-14(6-8-34)21-32-23(31,12-39-21)35-10-17(38-22(35)30)20-15(25)3-2-4-16(20)26/h2-4,9,14,17,22H,5-8,10-12H2,1H3/t17-,22?,23?/m0/s1. The molecule has 0 radical (unpaired) electrons. The van der Waals surface area contributed by atoms with Crippen molar-refractivity contribution in [2.75, 3.05) is 25.4 Å². The highest BCUT2D eigenvalue weighted by atomic mass is 127. The SMILES string of the molecule is Cc1cc(C(F)(F)F)nn1CC(=O)N1CCC(C2=NC(I)(N3C[C@@H](c4c(F)cccc4F)OC3I)CS2)CC1. The number of hydrogen-bond donors (Lipinski definition) is 0. The molecule has 0 bridgehead atoms. The zero-order chi connectivity index (χ0) is 28.1. The fraction of sp³-hybridized carbons (Fsp3) is 0.542. The Hall–Kier alpha value is -1.05. The second kappa shape index (κ2) is 11.3. The minimum absolute atomic E-state index is 0.0755. The van der Waals surface area contributed by atoms with Crippen molar-refractivity contribution in [2.45, 2.75) is 46.5 Å². The Morgan fingerprint density at radius 1 is 1.23 bits per heavy atom. The van der Waals surface area contributed by atoms with Crippen LogP contribution in [-0.4, -0.2) is 63.8 Å². The molecule has 3 atom stereocenters. The molecular formula is C24H24F5I2N5O2S. The van der Waals surface area contributed by atoms with Crippen LogP contribution < -0.4 is 0 Å². The summed E-state index contributed by atoms with van der Waals surface area (Å²) in [6.45, 7) is 2.49. The van der Waals surface area contributed by atoms with Gasteiger partial charge in [-0.05, 0) is 83.1 Å². The number of halogens is 7. The van der Waals surface area contributed by atoms with Gasteiger partial charge in [0.15, 0.2) is 13.6 Å². The Bertz CT molecular complexity index is 1270. The predicted molar refractivity (Wildman–Crippen MR) is 153 cm³/mol. The van der Waals surface area contributed by atoms with Crippen LogP contribution in [0.15, 0.2) is 29.3 Å². The fourth-order valence-corrected chi connectivity index (χ4v) is 9.12. The third-order valence-corrected chi connectivity index (χ3v) is 11.1. The molecule has 1 aromatic carbocycles. The van der Waals surface area contributed by atoms with Crippen LogP contribution in [0.3, 0.4) is 0 Å². The summed E-state index contributed by atoms with van der Waals surface area (Å²) >= 11 is 6.02.